The van der Waals surface area contributed by atoms with Gasteiger partial charge in [-0.15, -0.1) is 0 Å². The Balaban J connectivity index is 1.61. The first kappa shape index (κ1) is 22.1. The van der Waals surface area contributed by atoms with Crippen LogP contribution in [-0.4, -0.2) is 39.6 Å². The minimum atomic E-state index is -3.87. The van der Waals surface area contributed by atoms with Gasteiger partial charge in [-0.3, -0.25) is 0 Å². The Labute approximate surface area is 197 Å². The average molecular weight is 474 g/mol. The quantitative estimate of drug-likeness (QED) is 0.451. The molecule has 1 aromatic carbocycles. The van der Waals surface area contributed by atoms with E-state index in [0.29, 0.717) is 28.0 Å². The van der Waals surface area contributed by atoms with Crippen LogP contribution >= 0.6 is 0 Å². The number of hydrogen-bond acceptors (Lipinski definition) is 7. The molecule has 0 atom stereocenters. The van der Waals surface area contributed by atoms with E-state index in [0.717, 1.165) is 25.7 Å². The lowest BCUT2D eigenvalue weighted by atomic mass is 9.93. The molecule has 5 rings (SSSR count). The van der Waals surface area contributed by atoms with Gasteiger partial charge in [-0.1, -0.05) is 18.2 Å². The minimum absolute atomic E-state index is 0.152. The van der Waals surface area contributed by atoms with E-state index < -0.39 is 10.0 Å². The van der Waals surface area contributed by atoms with Gasteiger partial charge >= 0.3 is 0 Å². The highest BCUT2D eigenvalue weighted by Crippen LogP contribution is 2.34. The van der Waals surface area contributed by atoms with Gasteiger partial charge in [0.15, 0.2) is 5.65 Å². The first-order chi connectivity index (χ1) is 16.5. The molecule has 0 aliphatic heterocycles. The molecule has 0 unspecified atom stereocenters. The van der Waals surface area contributed by atoms with E-state index in [1.807, 2.05) is 12.1 Å². The molecule has 2 N–H and O–H groups in total. The van der Waals surface area contributed by atoms with Crippen LogP contribution in [0.3, 0.4) is 0 Å². The monoisotopic (exact) mass is 473 g/mol. The Bertz CT molecular complexity index is 1480. The molecule has 34 heavy (non-hydrogen) atoms. The standard InChI is InChI=1S/C25H23N5O3S/c26-15-19-13-17(14-24(29-19)28-18-8-10-20(31)11-9-18)23-16-30(25-22(23)7-4-12-27-25)34(32,33)21-5-2-1-3-6-21/h1-7,12-14,16,18,20,31H,8-11H2,(H,28,29)/t18-,20-. The Morgan fingerprint density at radius 2 is 1.82 bits per heavy atom. The van der Waals surface area contributed by atoms with Crippen LogP contribution in [0.25, 0.3) is 22.2 Å². The first-order valence-electron chi connectivity index (χ1n) is 11.1. The number of rotatable bonds is 5. The third-order valence-corrected chi connectivity index (χ3v) is 7.80. The number of nitrogens with one attached hydrogen (secondary N) is 1. The number of aromatic nitrogens is 3. The van der Waals surface area contributed by atoms with Gasteiger partial charge in [0.1, 0.15) is 17.6 Å². The summed E-state index contributed by atoms with van der Waals surface area (Å²) in [5, 5.41) is 23.4. The van der Waals surface area contributed by atoms with Gasteiger partial charge in [0.05, 0.1) is 11.0 Å². The number of anilines is 1. The molecule has 0 spiro atoms. The number of pyridine rings is 2. The Hall–Kier alpha value is -3.74. The zero-order valence-electron chi connectivity index (χ0n) is 18.3. The summed E-state index contributed by atoms with van der Waals surface area (Å²) in [5.41, 5.74) is 1.85. The van der Waals surface area contributed by atoms with Crippen LogP contribution < -0.4 is 5.32 Å². The van der Waals surface area contributed by atoms with E-state index in [2.05, 4.69) is 21.4 Å². The molecule has 1 aliphatic carbocycles. The van der Waals surface area contributed by atoms with Crippen LogP contribution in [0.15, 0.2) is 71.9 Å². The van der Waals surface area contributed by atoms with Crippen molar-refractivity contribution in [1.29, 1.82) is 5.26 Å². The van der Waals surface area contributed by atoms with Gasteiger partial charge in [0.2, 0.25) is 0 Å². The van der Waals surface area contributed by atoms with Crippen molar-refractivity contribution in [1.82, 2.24) is 13.9 Å². The van der Waals surface area contributed by atoms with Gasteiger partial charge in [-0.2, -0.15) is 5.26 Å². The van der Waals surface area contributed by atoms with Crippen molar-refractivity contribution in [2.75, 3.05) is 5.32 Å². The second-order valence-corrected chi connectivity index (χ2v) is 10.2. The van der Waals surface area contributed by atoms with Gasteiger partial charge in [-0.25, -0.2) is 22.4 Å². The zero-order valence-corrected chi connectivity index (χ0v) is 19.1. The molecule has 172 valence electrons. The molecule has 0 saturated heterocycles. The predicted octanol–water partition coefficient (Wildman–Crippen LogP) is 3.92. The summed E-state index contributed by atoms with van der Waals surface area (Å²) in [7, 11) is -3.87. The minimum Gasteiger partial charge on any atom is -0.393 e. The molecule has 1 fully saturated rings. The molecular weight excluding hydrogens is 450 g/mol. The molecule has 0 radical (unpaired) electrons. The number of aliphatic hydroxyl groups is 1. The zero-order chi connectivity index (χ0) is 23.7. The Morgan fingerprint density at radius 1 is 1.06 bits per heavy atom. The summed E-state index contributed by atoms with van der Waals surface area (Å²) in [6.07, 6.45) is 5.91. The number of fused-ring (bicyclic) bond motifs is 1. The van der Waals surface area contributed by atoms with E-state index in [1.165, 1.54) is 3.97 Å². The van der Waals surface area contributed by atoms with E-state index in [-0.39, 0.29) is 22.7 Å². The maximum atomic E-state index is 13.4. The molecule has 0 amide bonds. The van der Waals surface area contributed by atoms with E-state index >= 15 is 0 Å². The number of hydrogen-bond donors (Lipinski definition) is 2. The molecule has 0 bridgehead atoms. The fourth-order valence-corrected chi connectivity index (χ4v) is 5.74. The maximum absolute atomic E-state index is 13.4. The van der Waals surface area contributed by atoms with Crippen molar-refractivity contribution in [3.05, 3.63) is 72.7 Å². The smallest absolute Gasteiger partial charge is 0.269 e. The van der Waals surface area contributed by atoms with Gasteiger partial charge < -0.3 is 10.4 Å². The highest BCUT2D eigenvalue weighted by molar-refractivity contribution is 7.90. The Kier molecular flexibility index (Phi) is 5.77. The van der Waals surface area contributed by atoms with Gasteiger partial charge in [0, 0.05) is 29.4 Å². The highest BCUT2D eigenvalue weighted by atomic mass is 32.2. The first-order valence-corrected chi connectivity index (χ1v) is 12.5. The number of aliphatic hydroxyl groups excluding tert-OH is 1. The lowest BCUT2D eigenvalue weighted by Gasteiger charge is -2.26. The SMILES string of the molecule is N#Cc1cc(-c2cn(S(=O)(=O)c3ccccc3)c3ncccc23)cc(N[C@H]2CC[C@H](O)CC2)n1. The second-order valence-electron chi connectivity index (χ2n) is 8.42. The maximum Gasteiger partial charge on any atom is 0.269 e. The van der Waals surface area contributed by atoms with Crippen molar-refractivity contribution in [2.24, 2.45) is 0 Å². The lowest BCUT2D eigenvalue weighted by Crippen LogP contribution is -2.28. The van der Waals surface area contributed by atoms with E-state index in [4.69, 9.17) is 0 Å². The molecule has 8 nitrogen and oxygen atoms in total. The fourth-order valence-electron chi connectivity index (χ4n) is 4.40. The van der Waals surface area contributed by atoms with Gasteiger partial charge in [-0.05, 0) is 67.6 Å². The molecule has 3 heterocycles. The third kappa shape index (κ3) is 4.14. The van der Waals surface area contributed by atoms with Crippen LogP contribution in [0.2, 0.25) is 0 Å². The molecular formula is C25H23N5O3S. The molecule has 4 aromatic rings. The van der Waals surface area contributed by atoms with Crippen LogP contribution in [0, 0.1) is 11.3 Å². The summed E-state index contributed by atoms with van der Waals surface area (Å²) < 4.78 is 28.0. The topological polar surface area (TPSA) is 121 Å². The molecule has 3 aromatic heterocycles. The van der Waals surface area contributed by atoms with Crippen LogP contribution in [-0.2, 0) is 10.0 Å². The summed E-state index contributed by atoms with van der Waals surface area (Å²) in [6, 6.07) is 17.5. The number of nitriles is 1. The second kappa shape index (κ2) is 8.89. The van der Waals surface area contributed by atoms with Crippen LogP contribution in [0.5, 0.6) is 0 Å². The van der Waals surface area contributed by atoms with Crippen molar-refractivity contribution >= 4 is 26.9 Å². The predicted molar refractivity (Wildman–Crippen MR) is 129 cm³/mol. The van der Waals surface area contributed by atoms with E-state index in [9.17, 15) is 18.8 Å². The molecule has 1 saturated carbocycles. The fraction of sp³-hybridized carbons (Fsp3) is 0.240. The number of nitrogens with zero attached hydrogens (tertiary/aromatic N) is 4. The normalized spacial score (nSPS) is 18.5. The third-order valence-electron chi connectivity index (χ3n) is 6.13. The Morgan fingerprint density at radius 3 is 2.56 bits per heavy atom. The van der Waals surface area contributed by atoms with Crippen LogP contribution in [0.4, 0.5) is 5.82 Å². The van der Waals surface area contributed by atoms with Gasteiger partial charge in [0.25, 0.3) is 10.0 Å². The van der Waals surface area contributed by atoms with Crippen molar-refractivity contribution in [2.45, 2.75) is 42.7 Å². The largest absolute Gasteiger partial charge is 0.393 e. The summed E-state index contributed by atoms with van der Waals surface area (Å²) in [4.78, 5) is 8.91. The number of benzene rings is 1. The molecule has 9 heteroatoms. The lowest BCUT2D eigenvalue weighted by molar-refractivity contribution is 0.126. The molecule has 1 aliphatic rings. The summed E-state index contributed by atoms with van der Waals surface area (Å²) >= 11 is 0. The van der Waals surface area contributed by atoms with Crippen molar-refractivity contribution in [3.8, 4) is 17.2 Å². The highest BCUT2D eigenvalue weighted by Gasteiger charge is 2.24. The van der Waals surface area contributed by atoms with Crippen molar-refractivity contribution in [3.63, 3.8) is 0 Å². The van der Waals surface area contributed by atoms with E-state index in [1.54, 1.807) is 54.9 Å². The van der Waals surface area contributed by atoms with Crippen LogP contribution in [0.1, 0.15) is 31.4 Å². The average Bonchev–Trinajstić information content (AvgIpc) is 3.26. The summed E-state index contributed by atoms with van der Waals surface area (Å²) in [6.45, 7) is 0. The summed E-state index contributed by atoms with van der Waals surface area (Å²) in [5.74, 6) is 0.547. The van der Waals surface area contributed by atoms with Crippen molar-refractivity contribution < 1.29 is 13.5 Å².